The van der Waals surface area contributed by atoms with Crippen LogP contribution in [-0.2, 0) is 21.4 Å². The van der Waals surface area contributed by atoms with Crippen LogP contribution in [0.4, 0.5) is 0 Å². The third-order valence-corrected chi connectivity index (χ3v) is 6.51. The molecule has 1 aliphatic heterocycles. The molecule has 0 saturated heterocycles. The molecule has 194 valence electrons. The Bertz CT molecular complexity index is 1350. The first-order valence-electron chi connectivity index (χ1n) is 12.0. The summed E-state index contributed by atoms with van der Waals surface area (Å²) < 4.78 is 22.7. The lowest BCUT2D eigenvalue weighted by Crippen LogP contribution is -2.33. The maximum atomic E-state index is 12.1. The molecule has 0 aliphatic carbocycles. The van der Waals surface area contributed by atoms with Gasteiger partial charge in [0.1, 0.15) is 23.7 Å². The fourth-order valence-corrected chi connectivity index (χ4v) is 4.67. The summed E-state index contributed by atoms with van der Waals surface area (Å²) in [5.41, 5.74) is 0.152. The quantitative estimate of drug-likeness (QED) is 0.350. The number of methoxy groups -OCH3 is 1. The number of fused-ring (bicyclic) bond motifs is 1. The molecular weight excluding hydrogens is 476 g/mol. The van der Waals surface area contributed by atoms with E-state index < -0.39 is 11.4 Å². The highest BCUT2D eigenvalue weighted by molar-refractivity contribution is 5.87. The van der Waals surface area contributed by atoms with Gasteiger partial charge in [0, 0.05) is 18.4 Å². The van der Waals surface area contributed by atoms with Gasteiger partial charge in [-0.3, -0.25) is 0 Å². The number of aromatic nitrogens is 2. The van der Waals surface area contributed by atoms with Crippen molar-refractivity contribution in [3.05, 3.63) is 52.9 Å². The SMILES string of the molecule is CNC(c1nc(-c2nc(C(=O)OC)co2)c(C2(C#N)CCOc3ccc(CCC=O)cc32)o1)C(C)(C)C. The lowest BCUT2D eigenvalue weighted by Gasteiger charge is -2.32. The minimum atomic E-state index is -1.28. The number of esters is 1. The number of benzene rings is 1. The fourth-order valence-electron chi connectivity index (χ4n) is 4.67. The molecule has 0 saturated carbocycles. The molecule has 1 aromatic carbocycles. The van der Waals surface area contributed by atoms with Crippen molar-refractivity contribution in [3.63, 3.8) is 0 Å². The normalized spacial score (nSPS) is 17.8. The second-order valence-electron chi connectivity index (χ2n) is 10.00. The van der Waals surface area contributed by atoms with Gasteiger partial charge >= 0.3 is 5.97 Å². The van der Waals surface area contributed by atoms with Gasteiger partial charge < -0.3 is 28.4 Å². The Morgan fingerprint density at radius 1 is 1.35 bits per heavy atom. The molecule has 1 aliphatic rings. The van der Waals surface area contributed by atoms with Gasteiger partial charge in [-0.1, -0.05) is 32.9 Å². The van der Waals surface area contributed by atoms with E-state index in [-0.39, 0.29) is 41.1 Å². The number of nitrogens with one attached hydrogen (secondary N) is 1. The largest absolute Gasteiger partial charge is 0.493 e. The lowest BCUT2D eigenvalue weighted by atomic mass is 9.74. The summed E-state index contributed by atoms with van der Waals surface area (Å²) in [6.45, 7) is 6.40. The van der Waals surface area contributed by atoms with Gasteiger partial charge in [-0.05, 0) is 30.5 Å². The maximum Gasteiger partial charge on any atom is 0.360 e. The second-order valence-corrected chi connectivity index (χ2v) is 10.00. The Kier molecular flexibility index (Phi) is 7.18. The van der Waals surface area contributed by atoms with E-state index in [4.69, 9.17) is 23.3 Å². The molecule has 2 aromatic heterocycles. The Balaban J connectivity index is 1.96. The van der Waals surface area contributed by atoms with Crippen LogP contribution in [0, 0.1) is 16.7 Å². The molecule has 4 rings (SSSR count). The van der Waals surface area contributed by atoms with Crippen molar-refractivity contribution in [2.24, 2.45) is 5.41 Å². The van der Waals surface area contributed by atoms with E-state index in [0.29, 0.717) is 36.5 Å². The zero-order chi connectivity index (χ0) is 26.8. The number of nitrogens with zero attached hydrogens (tertiary/aromatic N) is 3. The summed E-state index contributed by atoms with van der Waals surface area (Å²) in [4.78, 5) is 32.1. The number of rotatable bonds is 8. The zero-order valence-electron chi connectivity index (χ0n) is 21.6. The van der Waals surface area contributed by atoms with Crippen LogP contribution in [-0.4, -0.2) is 43.0 Å². The molecule has 0 spiro atoms. The summed E-state index contributed by atoms with van der Waals surface area (Å²) >= 11 is 0. The zero-order valence-corrected chi connectivity index (χ0v) is 21.6. The summed E-state index contributed by atoms with van der Waals surface area (Å²) in [6.07, 6.45) is 3.23. The van der Waals surface area contributed by atoms with Crippen LogP contribution in [0.1, 0.15) is 72.9 Å². The van der Waals surface area contributed by atoms with Crippen molar-refractivity contribution >= 4 is 12.3 Å². The van der Waals surface area contributed by atoms with Crippen molar-refractivity contribution in [2.75, 3.05) is 20.8 Å². The van der Waals surface area contributed by atoms with Crippen molar-refractivity contribution < 1.29 is 27.9 Å². The van der Waals surface area contributed by atoms with Gasteiger partial charge in [-0.25, -0.2) is 14.8 Å². The molecule has 3 aromatic rings. The van der Waals surface area contributed by atoms with Gasteiger partial charge in [0.15, 0.2) is 17.1 Å². The van der Waals surface area contributed by atoms with E-state index in [0.717, 1.165) is 11.8 Å². The van der Waals surface area contributed by atoms with Gasteiger partial charge in [0.05, 0.1) is 25.8 Å². The Hall–Kier alpha value is -3.97. The molecule has 2 atom stereocenters. The third-order valence-electron chi connectivity index (χ3n) is 6.51. The van der Waals surface area contributed by atoms with E-state index in [2.05, 4.69) is 16.4 Å². The Morgan fingerprint density at radius 2 is 2.14 bits per heavy atom. The molecule has 10 heteroatoms. The van der Waals surface area contributed by atoms with E-state index in [9.17, 15) is 14.9 Å². The average Bonchev–Trinajstić information content (AvgIpc) is 3.54. The summed E-state index contributed by atoms with van der Waals surface area (Å²) in [7, 11) is 3.06. The molecule has 0 radical (unpaired) electrons. The van der Waals surface area contributed by atoms with Gasteiger partial charge in [-0.2, -0.15) is 5.26 Å². The molecule has 0 amide bonds. The van der Waals surface area contributed by atoms with Crippen molar-refractivity contribution in [1.29, 1.82) is 5.26 Å². The van der Waals surface area contributed by atoms with E-state index >= 15 is 0 Å². The summed E-state index contributed by atoms with van der Waals surface area (Å²) in [6, 6.07) is 7.74. The number of ether oxygens (including phenoxy) is 2. The highest BCUT2D eigenvalue weighted by Gasteiger charge is 2.47. The highest BCUT2D eigenvalue weighted by atomic mass is 16.5. The number of nitriles is 1. The molecule has 37 heavy (non-hydrogen) atoms. The average molecular weight is 507 g/mol. The number of aldehydes is 1. The van der Waals surface area contributed by atoms with Gasteiger partial charge in [0.25, 0.3) is 0 Å². The molecule has 1 N–H and O–H groups in total. The smallest absolute Gasteiger partial charge is 0.360 e. The molecule has 0 fully saturated rings. The standard InChI is InChI=1S/C27H30N4O6/c1-26(2,3)21(29-4)24-31-20(23-30-18(14-36-23)25(33)34-5)22(37-24)27(15-28)10-12-35-19-9-8-16(7-6-11-32)13-17(19)27/h8-9,11,13-14,21,29H,6-7,10,12H2,1-5H3. The van der Waals surface area contributed by atoms with Crippen LogP contribution >= 0.6 is 0 Å². The first-order chi connectivity index (χ1) is 17.7. The van der Waals surface area contributed by atoms with Crippen molar-refractivity contribution in [2.45, 2.75) is 51.5 Å². The first-order valence-corrected chi connectivity index (χ1v) is 12.0. The number of hydrogen-bond donors (Lipinski definition) is 1. The molecule has 3 heterocycles. The predicted octanol–water partition coefficient (Wildman–Crippen LogP) is 4.15. The fraction of sp³-hybridized carbons (Fsp3) is 0.444. The van der Waals surface area contributed by atoms with Crippen LogP contribution < -0.4 is 10.1 Å². The third kappa shape index (κ3) is 4.74. The molecular formula is C27H30N4O6. The number of carbonyl (C=O) groups excluding carboxylic acids is 2. The number of oxazole rings is 2. The van der Waals surface area contributed by atoms with Crippen molar-refractivity contribution in [1.82, 2.24) is 15.3 Å². The number of aryl methyl sites for hydroxylation is 1. The highest BCUT2D eigenvalue weighted by Crippen LogP contribution is 2.48. The molecule has 0 bridgehead atoms. The number of hydrogen-bond acceptors (Lipinski definition) is 10. The predicted molar refractivity (Wildman–Crippen MR) is 132 cm³/mol. The summed E-state index contributed by atoms with van der Waals surface area (Å²) in [5, 5.41) is 13.9. The van der Waals surface area contributed by atoms with Crippen molar-refractivity contribution in [3.8, 4) is 23.4 Å². The van der Waals surface area contributed by atoms with Crippen LogP contribution in [0.5, 0.6) is 5.75 Å². The van der Waals surface area contributed by atoms with Crippen LogP contribution in [0.15, 0.2) is 33.3 Å². The minimum Gasteiger partial charge on any atom is -0.493 e. The van der Waals surface area contributed by atoms with E-state index in [1.165, 1.54) is 13.4 Å². The molecule has 2 unspecified atom stereocenters. The Morgan fingerprint density at radius 3 is 2.78 bits per heavy atom. The summed E-state index contributed by atoms with van der Waals surface area (Å²) in [5.74, 6) is 0.542. The maximum absolute atomic E-state index is 12.1. The monoisotopic (exact) mass is 506 g/mol. The topological polar surface area (TPSA) is 140 Å². The number of carbonyl (C=O) groups is 2. The van der Waals surface area contributed by atoms with Crippen LogP contribution in [0.3, 0.4) is 0 Å². The lowest BCUT2D eigenvalue weighted by molar-refractivity contribution is -0.107. The minimum absolute atomic E-state index is 0.0245. The van der Waals surface area contributed by atoms with Crippen LogP contribution in [0.2, 0.25) is 0 Å². The molecule has 10 nitrogen and oxygen atoms in total. The van der Waals surface area contributed by atoms with E-state index in [1.807, 2.05) is 46.0 Å². The first kappa shape index (κ1) is 26.1. The van der Waals surface area contributed by atoms with E-state index in [1.54, 1.807) is 0 Å². The van der Waals surface area contributed by atoms with Gasteiger partial charge in [0.2, 0.25) is 11.8 Å². The Labute approximate surface area is 215 Å². The second kappa shape index (κ2) is 10.2. The van der Waals surface area contributed by atoms with Gasteiger partial charge in [-0.15, -0.1) is 0 Å². The van der Waals surface area contributed by atoms with Crippen LogP contribution in [0.25, 0.3) is 11.6 Å².